The molecule has 10 heavy (non-hydrogen) atoms. The fourth-order valence-electron chi connectivity index (χ4n) is 0.493. The maximum absolute atomic E-state index is 10.6. The SMILES string of the molecule is C=CC=C(C(=C)C)C(=O)Cl. The van der Waals surface area contributed by atoms with Crippen LogP contribution >= 0.6 is 11.6 Å². The van der Waals surface area contributed by atoms with Crippen LogP contribution in [0.25, 0.3) is 0 Å². The molecule has 1 nitrogen and oxygen atoms in total. The van der Waals surface area contributed by atoms with Gasteiger partial charge in [0, 0.05) is 5.57 Å². The first-order valence-corrected chi connectivity index (χ1v) is 3.15. The first kappa shape index (κ1) is 9.18. The third-order valence-electron chi connectivity index (χ3n) is 0.956. The van der Waals surface area contributed by atoms with E-state index in [1.54, 1.807) is 6.92 Å². The largest absolute Gasteiger partial charge is 0.276 e. The van der Waals surface area contributed by atoms with E-state index in [-0.39, 0.29) is 0 Å². The monoisotopic (exact) mass is 156 g/mol. The Morgan fingerprint density at radius 3 is 2.20 bits per heavy atom. The summed E-state index contributed by atoms with van der Waals surface area (Å²) in [6.07, 6.45) is 3.04. The normalized spacial score (nSPS) is 10.8. The van der Waals surface area contributed by atoms with Gasteiger partial charge in [0.25, 0.3) is 5.24 Å². The standard InChI is InChI=1S/C8H9ClO/c1-4-5-7(6(2)3)8(9)10/h4-5H,1-2H2,3H3. The van der Waals surface area contributed by atoms with Crippen molar-refractivity contribution in [3.63, 3.8) is 0 Å². The molecular weight excluding hydrogens is 148 g/mol. The van der Waals surface area contributed by atoms with E-state index >= 15 is 0 Å². The van der Waals surface area contributed by atoms with Gasteiger partial charge >= 0.3 is 0 Å². The lowest BCUT2D eigenvalue weighted by atomic mass is 10.1. The minimum atomic E-state index is -0.493. The molecule has 0 amide bonds. The highest BCUT2D eigenvalue weighted by Crippen LogP contribution is 2.09. The zero-order chi connectivity index (χ0) is 8.15. The van der Waals surface area contributed by atoms with Crippen molar-refractivity contribution in [3.05, 3.63) is 36.5 Å². The first-order chi connectivity index (χ1) is 4.59. The number of allylic oxidation sites excluding steroid dienone is 4. The molecule has 0 aliphatic rings. The summed E-state index contributed by atoms with van der Waals surface area (Å²) < 4.78 is 0. The van der Waals surface area contributed by atoms with Crippen LogP contribution in [0.15, 0.2) is 36.5 Å². The highest BCUT2D eigenvalue weighted by molar-refractivity contribution is 6.68. The van der Waals surface area contributed by atoms with E-state index in [9.17, 15) is 4.79 Å². The van der Waals surface area contributed by atoms with Crippen LogP contribution in [-0.2, 0) is 4.79 Å². The molecule has 0 unspecified atom stereocenters. The minimum absolute atomic E-state index is 0.414. The molecule has 54 valence electrons. The Morgan fingerprint density at radius 1 is 1.60 bits per heavy atom. The van der Waals surface area contributed by atoms with Crippen LogP contribution in [0.3, 0.4) is 0 Å². The minimum Gasteiger partial charge on any atom is -0.276 e. The number of hydrogen-bond donors (Lipinski definition) is 0. The molecule has 0 N–H and O–H groups in total. The topological polar surface area (TPSA) is 17.1 Å². The second-order valence-corrected chi connectivity index (χ2v) is 2.21. The van der Waals surface area contributed by atoms with Crippen LogP contribution in [0.1, 0.15) is 6.92 Å². The number of halogens is 1. The van der Waals surface area contributed by atoms with Crippen LogP contribution in [0.4, 0.5) is 0 Å². The Kier molecular flexibility index (Phi) is 3.74. The molecule has 0 heterocycles. The fraction of sp³-hybridized carbons (Fsp3) is 0.125. The second-order valence-electron chi connectivity index (χ2n) is 1.87. The first-order valence-electron chi connectivity index (χ1n) is 2.78. The lowest BCUT2D eigenvalue weighted by Crippen LogP contribution is -1.92. The van der Waals surface area contributed by atoms with Crippen molar-refractivity contribution in [1.82, 2.24) is 0 Å². The second kappa shape index (κ2) is 4.07. The van der Waals surface area contributed by atoms with Crippen molar-refractivity contribution >= 4 is 16.8 Å². The number of hydrogen-bond acceptors (Lipinski definition) is 1. The van der Waals surface area contributed by atoms with Gasteiger partial charge in [0.1, 0.15) is 0 Å². The van der Waals surface area contributed by atoms with Crippen LogP contribution in [0, 0.1) is 0 Å². The Hall–Kier alpha value is -0.820. The van der Waals surface area contributed by atoms with Gasteiger partial charge in [-0.2, -0.15) is 0 Å². The summed E-state index contributed by atoms with van der Waals surface area (Å²) in [5.41, 5.74) is 1.07. The number of rotatable bonds is 3. The number of carbonyl (C=O) groups excluding carboxylic acids is 1. The average molecular weight is 157 g/mol. The van der Waals surface area contributed by atoms with Crippen molar-refractivity contribution < 1.29 is 4.79 Å². The zero-order valence-electron chi connectivity index (χ0n) is 5.86. The van der Waals surface area contributed by atoms with E-state index in [0.717, 1.165) is 0 Å². The third-order valence-corrected chi connectivity index (χ3v) is 1.16. The predicted octanol–water partition coefficient (Wildman–Crippen LogP) is 2.44. The van der Waals surface area contributed by atoms with Gasteiger partial charge in [-0.1, -0.05) is 25.3 Å². The molecule has 0 aromatic heterocycles. The van der Waals surface area contributed by atoms with Gasteiger partial charge in [-0.3, -0.25) is 4.79 Å². The van der Waals surface area contributed by atoms with E-state index in [4.69, 9.17) is 11.6 Å². The smallest absolute Gasteiger partial charge is 0.252 e. The molecule has 0 saturated carbocycles. The van der Waals surface area contributed by atoms with Crippen molar-refractivity contribution in [1.29, 1.82) is 0 Å². The Morgan fingerprint density at radius 2 is 2.10 bits per heavy atom. The predicted molar refractivity (Wildman–Crippen MR) is 44.0 cm³/mol. The van der Waals surface area contributed by atoms with Gasteiger partial charge in [-0.05, 0) is 24.1 Å². The van der Waals surface area contributed by atoms with Crippen LogP contribution in [-0.4, -0.2) is 5.24 Å². The molecule has 0 fully saturated rings. The summed E-state index contributed by atoms with van der Waals surface area (Å²) in [4.78, 5) is 10.6. The van der Waals surface area contributed by atoms with E-state index in [0.29, 0.717) is 11.1 Å². The van der Waals surface area contributed by atoms with E-state index in [2.05, 4.69) is 13.2 Å². The van der Waals surface area contributed by atoms with Crippen molar-refractivity contribution in [2.45, 2.75) is 6.92 Å². The van der Waals surface area contributed by atoms with Crippen molar-refractivity contribution in [2.24, 2.45) is 0 Å². The van der Waals surface area contributed by atoms with E-state index in [1.165, 1.54) is 12.2 Å². The molecule has 0 aliphatic heterocycles. The number of carbonyl (C=O) groups is 1. The van der Waals surface area contributed by atoms with Crippen LogP contribution in [0.5, 0.6) is 0 Å². The van der Waals surface area contributed by atoms with Gasteiger partial charge in [0.2, 0.25) is 0 Å². The zero-order valence-corrected chi connectivity index (χ0v) is 6.61. The highest BCUT2D eigenvalue weighted by Gasteiger charge is 2.03. The average Bonchev–Trinajstić information content (AvgIpc) is 1.81. The van der Waals surface area contributed by atoms with Crippen molar-refractivity contribution in [2.75, 3.05) is 0 Å². The molecule has 0 rings (SSSR count). The summed E-state index contributed by atoms with van der Waals surface area (Å²) in [6.45, 7) is 8.73. The lowest BCUT2D eigenvalue weighted by molar-refractivity contribution is -0.108. The van der Waals surface area contributed by atoms with Gasteiger partial charge in [0.05, 0.1) is 0 Å². The molecular formula is C8H9ClO. The molecule has 0 radical (unpaired) electrons. The van der Waals surface area contributed by atoms with Crippen LogP contribution in [0.2, 0.25) is 0 Å². The maximum atomic E-state index is 10.6. The summed E-state index contributed by atoms with van der Waals surface area (Å²) in [5, 5.41) is -0.493. The molecule has 0 spiro atoms. The summed E-state index contributed by atoms with van der Waals surface area (Å²) in [6, 6.07) is 0. The molecule has 0 aromatic carbocycles. The van der Waals surface area contributed by atoms with Crippen LogP contribution < -0.4 is 0 Å². The van der Waals surface area contributed by atoms with Gasteiger partial charge in [-0.25, -0.2) is 0 Å². The van der Waals surface area contributed by atoms with Crippen molar-refractivity contribution in [3.8, 4) is 0 Å². The quantitative estimate of drug-likeness (QED) is 0.349. The summed E-state index contributed by atoms with van der Waals surface area (Å²) in [5.74, 6) is 0. The summed E-state index contributed by atoms with van der Waals surface area (Å²) in [7, 11) is 0. The highest BCUT2D eigenvalue weighted by atomic mass is 35.5. The van der Waals surface area contributed by atoms with E-state index in [1.807, 2.05) is 0 Å². The van der Waals surface area contributed by atoms with E-state index < -0.39 is 5.24 Å². The molecule has 0 aromatic rings. The molecule has 0 aliphatic carbocycles. The van der Waals surface area contributed by atoms with Gasteiger partial charge in [0.15, 0.2) is 0 Å². The van der Waals surface area contributed by atoms with Gasteiger partial charge < -0.3 is 0 Å². The lowest BCUT2D eigenvalue weighted by Gasteiger charge is -1.96. The molecule has 0 atom stereocenters. The third kappa shape index (κ3) is 2.65. The molecule has 0 saturated heterocycles. The Balaban J connectivity index is 4.58. The fourth-order valence-corrected chi connectivity index (χ4v) is 0.718. The Labute approximate surface area is 65.7 Å². The van der Waals surface area contributed by atoms with Gasteiger partial charge in [-0.15, -0.1) is 0 Å². The molecule has 2 heteroatoms. The molecule has 0 bridgehead atoms. The summed E-state index contributed by atoms with van der Waals surface area (Å²) >= 11 is 5.20. The Bertz CT molecular complexity index is 185. The maximum Gasteiger partial charge on any atom is 0.252 e.